The maximum absolute atomic E-state index is 12.2. The van der Waals surface area contributed by atoms with E-state index in [1.807, 2.05) is 43.4 Å². The maximum atomic E-state index is 12.2. The second-order valence-electron chi connectivity index (χ2n) is 4.93. The smallest absolute Gasteiger partial charge is 0.232 e. The number of halogens is 1. The molecule has 2 nitrogen and oxygen atoms in total. The van der Waals surface area contributed by atoms with Crippen LogP contribution in [0.5, 0.6) is 0 Å². The fourth-order valence-corrected chi connectivity index (χ4v) is 3.15. The fraction of sp³-hybridized carbons (Fsp3) is 0.235. The van der Waals surface area contributed by atoms with Crippen LogP contribution >= 0.6 is 27.7 Å². The van der Waals surface area contributed by atoms with Crippen molar-refractivity contribution in [2.24, 2.45) is 0 Å². The molecule has 21 heavy (non-hydrogen) atoms. The SMILES string of the molecule is Cc1ccccc1SCC(=O)N(C)Cc1ccc(Br)cc1. The molecule has 0 aliphatic heterocycles. The highest BCUT2D eigenvalue weighted by molar-refractivity contribution is 9.10. The summed E-state index contributed by atoms with van der Waals surface area (Å²) in [5.41, 5.74) is 2.35. The Morgan fingerprint density at radius 2 is 1.81 bits per heavy atom. The lowest BCUT2D eigenvalue weighted by atomic mass is 10.2. The van der Waals surface area contributed by atoms with Gasteiger partial charge < -0.3 is 4.90 Å². The topological polar surface area (TPSA) is 20.3 Å². The molecule has 0 saturated carbocycles. The van der Waals surface area contributed by atoms with Crippen molar-refractivity contribution in [3.8, 4) is 0 Å². The molecule has 0 heterocycles. The Morgan fingerprint density at radius 1 is 1.14 bits per heavy atom. The average Bonchev–Trinajstić information content (AvgIpc) is 2.48. The fourth-order valence-electron chi connectivity index (χ4n) is 1.92. The second-order valence-corrected chi connectivity index (χ2v) is 6.86. The molecule has 0 aromatic heterocycles. The van der Waals surface area contributed by atoms with Gasteiger partial charge in [0, 0.05) is 23.0 Å². The molecule has 110 valence electrons. The minimum absolute atomic E-state index is 0.145. The van der Waals surface area contributed by atoms with Crippen LogP contribution in [0.15, 0.2) is 57.9 Å². The van der Waals surface area contributed by atoms with Crippen LogP contribution in [-0.2, 0) is 11.3 Å². The van der Waals surface area contributed by atoms with E-state index >= 15 is 0 Å². The van der Waals surface area contributed by atoms with Gasteiger partial charge in [0.25, 0.3) is 0 Å². The molecule has 0 N–H and O–H groups in total. The molecule has 0 unspecified atom stereocenters. The summed E-state index contributed by atoms with van der Waals surface area (Å²) >= 11 is 5.01. The van der Waals surface area contributed by atoms with Gasteiger partial charge in [-0.25, -0.2) is 0 Å². The van der Waals surface area contributed by atoms with Crippen molar-refractivity contribution in [3.63, 3.8) is 0 Å². The number of carbonyl (C=O) groups excluding carboxylic acids is 1. The van der Waals surface area contributed by atoms with Gasteiger partial charge in [0.1, 0.15) is 0 Å². The predicted molar refractivity (Wildman–Crippen MR) is 92.5 cm³/mol. The quantitative estimate of drug-likeness (QED) is 0.728. The van der Waals surface area contributed by atoms with Crippen molar-refractivity contribution in [2.45, 2.75) is 18.4 Å². The number of rotatable bonds is 5. The zero-order chi connectivity index (χ0) is 15.2. The minimum atomic E-state index is 0.145. The lowest BCUT2D eigenvalue weighted by Crippen LogP contribution is -2.27. The molecule has 4 heteroatoms. The summed E-state index contributed by atoms with van der Waals surface area (Å²) in [5, 5.41) is 0. The van der Waals surface area contributed by atoms with Crippen molar-refractivity contribution in [1.82, 2.24) is 4.90 Å². The zero-order valence-electron chi connectivity index (χ0n) is 12.2. The first-order valence-corrected chi connectivity index (χ1v) is 8.51. The van der Waals surface area contributed by atoms with Crippen LogP contribution in [0.4, 0.5) is 0 Å². The molecule has 0 radical (unpaired) electrons. The van der Waals surface area contributed by atoms with Crippen LogP contribution in [0.25, 0.3) is 0 Å². The number of nitrogens with zero attached hydrogens (tertiary/aromatic N) is 1. The summed E-state index contributed by atoms with van der Waals surface area (Å²) in [7, 11) is 1.85. The summed E-state index contributed by atoms with van der Waals surface area (Å²) < 4.78 is 1.05. The molecular weight excluding hydrogens is 346 g/mol. The summed E-state index contributed by atoms with van der Waals surface area (Å²) in [6.45, 7) is 2.71. The number of carbonyl (C=O) groups is 1. The van der Waals surface area contributed by atoms with Gasteiger partial charge in [0.2, 0.25) is 5.91 Å². The van der Waals surface area contributed by atoms with Gasteiger partial charge in [-0.1, -0.05) is 46.3 Å². The van der Waals surface area contributed by atoms with Crippen molar-refractivity contribution in [2.75, 3.05) is 12.8 Å². The summed E-state index contributed by atoms with van der Waals surface area (Å²) in [4.78, 5) is 15.1. The maximum Gasteiger partial charge on any atom is 0.232 e. The average molecular weight is 364 g/mol. The van der Waals surface area contributed by atoms with Gasteiger partial charge in [-0.3, -0.25) is 4.79 Å². The van der Waals surface area contributed by atoms with Crippen LogP contribution in [-0.4, -0.2) is 23.6 Å². The van der Waals surface area contributed by atoms with Crippen LogP contribution in [0, 0.1) is 6.92 Å². The van der Waals surface area contributed by atoms with E-state index in [1.54, 1.807) is 16.7 Å². The number of hydrogen-bond acceptors (Lipinski definition) is 2. The molecule has 2 aromatic rings. The monoisotopic (exact) mass is 363 g/mol. The predicted octanol–water partition coefficient (Wildman–Crippen LogP) is 4.51. The van der Waals surface area contributed by atoms with E-state index in [0.717, 1.165) is 10.0 Å². The van der Waals surface area contributed by atoms with E-state index < -0.39 is 0 Å². The molecule has 0 spiro atoms. The highest BCUT2D eigenvalue weighted by atomic mass is 79.9. The third-order valence-electron chi connectivity index (χ3n) is 3.20. The largest absolute Gasteiger partial charge is 0.341 e. The van der Waals surface area contributed by atoms with Crippen LogP contribution in [0.1, 0.15) is 11.1 Å². The van der Waals surface area contributed by atoms with Gasteiger partial charge in [-0.15, -0.1) is 11.8 Å². The Bertz CT molecular complexity index is 612. The molecule has 0 aliphatic rings. The summed E-state index contributed by atoms with van der Waals surface area (Å²) in [6.07, 6.45) is 0. The van der Waals surface area contributed by atoms with Crippen LogP contribution in [0.2, 0.25) is 0 Å². The first-order valence-electron chi connectivity index (χ1n) is 6.73. The Balaban J connectivity index is 1.88. The van der Waals surface area contributed by atoms with Crippen molar-refractivity contribution >= 4 is 33.6 Å². The van der Waals surface area contributed by atoms with Crippen molar-refractivity contribution < 1.29 is 4.79 Å². The minimum Gasteiger partial charge on any atom is -0.341 e. The molecule has 0 fully saturated rings. The normalized spacial score (nSPS) is 10.4. The molecule has 2 rings (SSSR count). The van der Waals surface area contributed by atoms with Crippen LogP contribution in [0.3, 0.4) is 0 Å². The van der Waals surface area contributed by atoms with E-state index in [9.17, 15) is 4.79 Å². The molecule has 0 bridgehead atoms. The Morgan fingerprint density at radius 3 is 2.48 bits per heavy atom. The number of thioether (sulfide) groups is 1. The lowest BCUT2D eigenvalue weighted by molar-refractivity contribution is -0.127. The number of benzene rings is 2. The Labute approximate surface area is 138 Å². The number of aryl methyl sites for hydroxylation is 1. The van der Waals surface area contributed by atoms with Gasteiger partial charge in [-0.05, 0) is 36.2 Å². The molecular formula is C17H18BrNOS. The van der Waals surface area contributed by atoms with Crippen molar-refractivity contribution in [3.05, 3.63) is 64.1 Å². The Kier molecular flexibility index (Phi) is 5.88. The molecule has 0 aliphatic carbocycles. The zero-order valence-corrected chi connectivity index (χ0v) is 14.6. The molecule has 0 saturated heterocycles. The van der Waals surface area contributed by atoms with E-state index in [1.165, 1.54) is 10.5 Å². The standard InChI is InChI=1S/C17H18BrNOS/c1-13-5-3-4-6-16(13)21-12-17(20)19(2)11-14-7-9-15(18)10-8-14/h3-10H,11-12H2,1-2H3. The lowest BCUT2D eigenvalue weighted by Gasteiger charge is -2.17. The van der Waals surface area contributed by atoms with Crippen molar-refractivity contribution in [1.29, 1.82) is 0 Å². The number of hydrogen-bond donors (Lipinski definition) is 0. The Hall–Kier alpha value is -1.26. The molecule has 0 atom stereocenters. The van der Waals surface area contributed by atoms with E-state index in [-0.39, 0.29) is 5.91 Å². The second kappa shape index (κ2) is 7.66. The first kappa shape index (κ1) is 16.1. The molecule has 2 aromatic carbocycles. The number of amides is 1. The third-order valence-corrected chi connectivity index (χ3v) is 4.89. The van der Waals surface area contributed by atoms with E-state index in [0.29, 0.717) is 12.3 Å². The van der Waals surface area contributed by atoms with Gasteiger partial charge in [0.15, 0.2) is 0 Å². The molecule has 1 amide bonds. The van der Waals surface area contributed by atoms with Gasteiger partial charge >= 0.3 is 0 Å². The third kappa shape index (κ3) is 4.90. The first-order chi connectivity index (χ1) is 10.1. The van der Waals surface area contributed by atoms with E-state index in [4.69, 9.17) is 0 Å². The van der Waals surface area contributed by atoms with Gasteiger partial charge in [-0.2, -0.15) is 0 Å². The summed E-state index contributed by atoms with van der Waals surface area (Å²) in [6, 6.07) is 16.2. The summed E-state index contributed by atoms with van der Waals surface area (Å²) in [5.74, 6) is 0.615. The van der Waals surface area contributed by atoms with Gasteiger partial charge in [0.05, 0.1) is 5.75 Å². The highest BCUT2D eigenvalue weighted by Gasteiger charge is 2.10. The highest BCUT2D eigenvalue weighted by Crippen LogP contribution is 2.22. The van der Waals surface area contributed by atoms with E-state index in [2.05, 4.69) is 35.0 Å². The van der Waals surface area contributed by atoms with Crippen LogP contribution < -0.4 is 0 Å².